The number of amides is 1. The molecule has 3 N–H and O–H groups in total. The number of halogens is 1. The molecule has 4 rings (SSSR count). The second-order valence-corrected chi connectivity index (χ2v) is 7.45. The highest BCUT2D eigenvalue weighted by molar-refractivity contribution is 5.92. The van der Waals surface area contributed by atoms with Gasteiger partial charge >= 0.3 is 0 Å². The Labute approximate surface area is 175 Å². The molecule has 4 aromatic rings. The monoisotopic (exact) mass is 401 g/mol. The van der Waals surface area contributed by atoms with Crippen molar-refractivity contribution in [2.45, 2.75) is 19.5 Å². The Balaban J connectivity index is 1.36. The van der Waals surface area contributed by atoms with Crippen molar-refractivity contribution in [2.75, 3.05) is 6.54 Å². The lowest BCUT2D eigenvalue weighted by Crippen LogP contribution is -2.16. The molecule has 0 bridgehead atoms. The SMILES string of the molecule is NC(=O)c1ccc(Cn2ccc3cc(CNCCc4cccc(F)c4)ccc32)cc1. The van der Waals surface area contributed by atoms with Gasteiger partial charge in [-0.25, -0.2) is 4.39 Å². The van der Waals surface area contributed by atoms with Crippen LogP contribution in [0.25, 0.3) is 10.9 Å². The zero-order valence-electron chi connectivity index (χ0n) is 16.6. The largest absolute Gasteiger partial charge is 0.366 e. The predicted molar refractivity (Wildman–Crippen MR) is 118 cm³/mol. The van der Waals surface area contributed by atoms with E-state index < -0.39 is 5.91 Å². The van der Waals surface area contributed by atoms with Crippen molar-refractivity contribution in [3.8, 4) is 0 Å². The van der Waals surface area contributed by atoms with Crippen LogP contribution in [-0.4, -0.2) is 17.0 Å². The van der Waals surface area contributed by atoms with Crippen molar-refractivity contribution >= 4 is 16.8 Å². The van der Waals surface area contributed by atoms with Gasteiger partial charge in [0.15, 0.2) is 0 Å². The Morgan fingerprint density at radius 1 is 0.933 bits per heavy atom. The number of fused-ring (bicyclic) bond motifs is 1. The summed E-state index contributed by atoms with van der Waals surface area (Å²) in [4.78, 5) is 11.2. The molecule has 0 fully saturated rings. The molecule has 0 aliphatic carbocycles. The van der Waals surface area contributed by atoms with Crippen molar-refractivity contribution in [3.05, 3.63) is 107 Å². The highest BCUT2D eigenvalue weighted by Gasteiger charge is 2.05. The van der Waals surface area contributed by atoms with E-state index in [1.807, 2.05) is 18.2 Å². The average Bonchev–Trinajstić information content (AvgIpc) is 3.14. The molecule has 1 aromatic heterocycles. The van der Waals surface area contributed by atoms with Crippen LogP contribution in [0.4, 0.5) is 4.39 Å². The van der Waals surface area contributed by atoms with Crippen LogP contribution in [-0.2, 0) is 19.5 Å². The number of aromatic nitrogens is 1. The van der Waals surface area contributed by atoms with E-state index in [9.17, 15) is 9.18 Å². The lowest BCUT2D eigenvalue weighted by atomic mass is 10.1. The fraction of sp³-hybridized carbons (Fsp3) is 0.160. The van der Waals surface area contributed by atoms with Gasteiger partial charge in [0, 0.05) is 30.4 Å². The molecule has 0 saturated heterocycles. The number of hydrogen-bond acceptors (Lipinski definition) is 2. The van der Waals surface area contributed by atoms with E-state index in [2.05, 4.69) is 40.3 Å². The van der Waals surface area contributed by atoms with E-state index in [1.54, 1.807) is 24.3 Å². The van der Waals surface area contributed by atoms with Gasteiger partial charge in [-0.05, 0) is 77.5 Å². The third-order valence-corrected chi connectivity index (χ3v) is 5.24. The number of carbonyl (C=O) groups excluding carboxylic acids is 1. The Morgan fingerprint density at radius 2 is 1.73 bits per heavy atom. The molecule has 0 atom stereocenters. The summed E-state index contributed by atoms with van der Waals surface area (Å²) in [5, 5.41) is 4.62. The fourth-order valence-electron chi connectivity index (χ4n) is 3.63. The summed E-state index contributed by atoms with van der Waals surface area (Å²) in [6, 6.07) is 22.7. The molecule has 1 amide bonds. The van der Waals surface area contributed by atoms with Crippen LogP contribution >= 0.6 is 0 Å². The van der Waals surface area contributed by atoms with Gasteiger partial charge in [0.1, 0.15) is 5.82 Å². The molecule has 4 nitrogen and oxygen atoms in total. The molecule has 0 aliphatic heterocycles. The molecule has 0 unspecified atom stereocenters. The van der Waals surface area contributed by atoms with E-state index in [-0.39, 0.29) is 5.82 Å². The minimum atomic E-state index is -0.412. The first-order chi connectivity index (χ1) is 14.6. The van der Waals surface area contributed by atoms with Crippen LogP contribution in [0.3, 0.4) is 0 Å². The molecule has 0 aliphatic rings. The molecular formula is C25H24FN3O. The van der Waals surface area contributed by atoms with Crippen molar-refractivity contribution in [3.63, 3.8) is 0 Å². The number of rotatable bonds is 8. The second-order valence-electron chi connectivity index (χ2n) is 7.45. The van der Waals surface area contributed by atoms with Gasteiger partial charge in [0.2, 0.25) is 5.91 Å². The van der Waals surface area contributed by atoms with Crippen molar-refractivity contribution in [1.82, 2.24) is 9.88 Å². The fourth-order valence-corrected chi connectivity index (χ4v) is 3.63. The summed E-state index contributed by atoms with van der Waals surface area (Å²) in [6.45, 7) is 2.29. The summed E-state index contributed by atoms with van der Waals surface area (Å²) in [6.07, 6.45) is 2.87. The molecule has 1 heterocycles. The maximum atomic E-state index is 13.2. The number of carbonyl (C=O) groups is 1. The molecule has 0 saturated carbocycles. The Kier molecular flexibility index (Phi) is 5.91. The molecular weight excluding hydrogens is 377 g/mol. The molecule has 152 valence electrons. The Morgan fingerprint density at radius 3 is 2.50 bits per heavy atom. The van der Waals surface area contributed by atoms with Gasteiger partial charge in [0.05, 0.1) is 0 Å². The molecule has 0 spiro atoms. The number of benzene rings is 3. The first-order valence-electron chi connectivity index (χ1n) is 10.0. The highest BCUT2D eigenvalue weighted by atomic mass is 19.1. The second kappa shape index (κ2) is 8.93. The van der Waals surface area contributed by atoms with E-state index >= 15 is 0 Å². The lowest BCUT2D eigenvalue weighted by molar-refractivity contribution is 0.100. The Bertz CT molecular complexity index is 1160. The molecule has 0 radical (unpaired) electrons. The standard InChI is InChI=1S/C25H24FN3O/c26-23-3-1-2-18(15-23)10-12-28-16-20-6-9-24-22(14-20)11-13-29(24)17-19-4-7-21(8-5-19)25(27)30/h1-9,11,13-15,28H,10,12,16-17H2,(H2,27,30). The van der Waals surface area contributed by atoms with Crippen LogP contribution < -0.4 is 11.1 Å². The number of nitrogens with zero attached hydrogens (tertiary/aromatic N) is 1. The zero-order chi connectivity index (χ0) is 20.9. The van der Waals surface area contributed by atoms with Crippen LogP contribution in [0.15, 0.2) is 79.0 Å². The van der Waals surface area contributed by atoms with E-state index in [4.69, 9.17) is 5.73 Å². The lowest BCUT2D eigenvalue weighted by Gasteiger charge is -2.08. The third kappa shape index (κ3) is 4.75. The molecule has 3 aromatic carbocycles. The molecule has 5 heteroatoms. The van der Waals surface area contributed by atoms with Gasteiger partial charge in [-0.3, -0.25) is 4.79 Å². The predicted octanol–water partition coefficient (Wildman–Crippen LogP) is 4.26. The van der Waals surface area contributed by atoms with Gasteiger partial charge < -0.3 is 15.6 Å². The van der Waals surface area contributed by atoms with Crippen molar-refractivity contribution < 1.29 is 9.18 Å². The van der Waals surface area contributed by atoms with Crippen LogP contribution in [0.1, 0.15) is 27.0 Å². The van der Waals surface area contributed by atoms with Crippen molar-refractivity contribution in [1.29, 1.82) is 0 Å². The average molecular weight is 401 g/mol. The van der Waals surface area contributed by atoms with Crippen molar-refractivity contribution in [2.24, 2.45) is 5.73 Å². The van der Waals surface area contributed by atoms with Gasteiger partial charge in [-0.2, -0.15) is 0 Å². The molecule has 30 heavy (non-hydrogen) atoms. The number of hydrogen-bond donors (Lipinski definition) is 2. The minimum Gasteiger partial charge on any atom is -0.366 e. The topological polar surface area (TPSA) is 60.1 Å². The van der Waals surface area contributed by atoms with Gasteiger partial charge in [-0.15, -0.1) is 0 Å². The summed E-state index contributed by atoms with van der Waals surface area (Å²) < 4.78 is 15.4. The summed E-state index contributed by atoms with van der Waals surface area (Å²) in [5.41, 5.74) is 10.3. The maximum absolute atomic E-state index is 13.2. The van der Waals surface area contributed by atoms with Gasteiger partial charge in [0.25, 0.3) is 0 Å². The van der Waals surface area contributed by atoms with Crippen LogP contribution in [0.2, 0.25) is 0 Å². The third-order valence-electron chi connectivity index (χ3n) is 5.24. The van der Waals surface area contributed by atoms with E-state index in [0.717, 1.165) is 42.7 Å². The number of primary amides is 1. The van der Waals surface area contributed by atoms with E-state index in [0.29, 0.717) is 5.56 Å². The van der Waals surface area contributed by atoms with Crippen LogP contribution in [0.5, 0.6) is 0 Å². The zero-order valence-corrected chi connectivity index (χ0v) is 16.6. The first-order valence-corrected chi connectivity index (χ1v) is 10.0. The quantitative estimate of drug-likeness (QED) is 0.434. The first kappa shape index (κ1) is 19.9. The highest BCUT2D eigenvalue weighted by Crippen LogP contribution is 2.19. The van der Waals surface area contributed by atoms with Gasteiger partial charge in [-0.1, -0.05) is 30.3 Å². The van der Waals surface area contributed by atoms with E-state index in [1.165, 1.54) is 17.0 Å². The summed E-state index contributed by atoms with van der Waals surface area (Å²) in [5.74, 6) is -0.601. The maximum Gasteiger partial charge on any atom is 0.248 e. The normalized spacial score (nSPS) is 11.1. The van der Waals surface area contributed by atoms with Crippen LogP contribution in [0, 0.1) is 5.82 Å². The summed E-state index contributed by atoms with van der Waals surface area (Å²) >= 11 is 0. The smallest absolute Gasteiger partial charge is 0.248 e. The number of nitrogens with one attached hydrogen (secondary N) is 1. The number of nitrogens with two attached hydrogens (primary N) is 1. The minimum absolute atomic E-state index is 0.189. The summed E-state index contributed by atoms with van der Waals surface area (Å²) in [7, 11) is 0. The Hall–Kier alpha value is -3.44.